The zero-order chi connectivity index (χ0) is 12.4. The van der Waals surface area contributed by atoms with Gasteiger partial charge in [0.25, 0.3) is 0 Å². The van der Waals surface area contributed by atoms with Crippen LogP contribution in [0.3, 0.4) is 0 Å². The molecule has 17 heavy (non-hydrogen) atoms. The van der Waals surface area contributed by atoms with Crippen LogP contribution in [0.1, 0.15) is 24.4 Å². The second-order valence-electron chi connectivity index (χ2n) is 3.71. The molecule has 0 aliphatic heterocycles. The largest absolute Gasteiger partial charge is 0.334 e. The number of imidazole rings is 1. The highest BCUT2D eigenvalue weighted by Crippen LogP contribution is 2.28. The smallest absolute Gasteiger partial charge is 0.130 e. The monoisotopic (exact) mass is 313 g/mol. The van der Waals surface area contributed by atoms with Gasteiger partial charge in [-0.05, 0) is 30.7 Å². The van der Waals surface area contributed by atoms with Crippen LogP contribution < -0.4 is 5.73 Å². The normalized spacial score (nSPS) is 12.7. The van der Waals surface area contributed by atoms with Crippen molar-refractivity contribution in [3.8, 4) is 0 Å². The van der Waals surface area contributed by atoms with E-state index in [9.17, 15) is 0 Å². The second kappa shape index (κ2) is 5.21. The Hall–Kier alpha value is -0.840. The lowest BCUT2D eigenvalue weighted by Gasteiger charge is -2.15. The van der Waals surface area contributed by atoms with E-state index in [1.165, 1.54) is 0 Å². The average molecular weight is 315 g/mol. The molecule has 2 rings (SSSR count). The Morgan fingerprint density at radius 2 is 2.29 bits per heavy atom. The molecule has 2 N–H and O–H groups in total. The highest BCUT2D eigenvalue weighted by Gasteiger charge is 2.17. The number of nitrogens with zero attached hydrogens (tertiary/aromatic N) is 2. The van der Waals surface area contributed by atoms with Gasteiger partial charge in [0.05, 0.1) is 6.04 Å². The molecular formula is C12H13BrClN3. The Morgan fingerprint density at radius 3 is 3.00 bits per heavy atom. The third kappa shape index (κ3) is 2.54. The molecule has 2 aromatic rings. The van der Waals surface area contributed by atoms with Gasteiger partial charge in [-0.25, -0.2) is 4.98 Å². The van der Waals surface area contributed by atoms with Crippen molar-refractivity contribution in [3.63, 3.8) is 0 Å². The fourth-order valence-corrected chi connectivity index (χ4v) is 2.37. The molecule has 5 heteroatoms. The lowest BCUT2D eigenvalue weighted by molar-refractivity contribution is 0.656. The van der Waals surface area contributed by atoms with E-state index in [0.717, 1.165) is 22.4 Å². The Balaban J connectivity index is 2.43. The molecule has 0 aliphatic rings. The first-order valence-electron chi connectivity index (χ1n) is 5.35. The third-order valence-electron chi connectivity index (χ3n) is 2.66. The number of benzene rings is 1. The predicted molar refractivity (Wildman–Crippen MR) is 73.1 cm³/mol. The Labute approximate surface area is 114 Å². The number of rotatable bonds is 3. The van der Waals surface area contributed by atoms with Crippen molar-refractivity contribution in [1.82, 2.24) is 9.55 Å². The zero-order valence-corrected chi connectivity index (χ0v) is 11.7. The molecule has 0 amide bonds. The van der Waals surface area contributed by atoms with Crippen molar-refractivity contribution in [2.75, 3.05) is 0 Å². The fraction of sp³-hybridized carbons (Fsp3) is 0.250. The highest BCUT2D eigenvalue weighted by molar-refractivity contribution is 9.10. The van der Waals surface area contributed by atoms with Gasteiger partial charge in [0.2, 0.25) is 0 Å². The van der Waals surface area contributed by atoms with Gasteiger partial charge < -0.3 is 10.3 Å². The van der Waals surface area contributed by atoms with Crippen molar-refractivity contribution < 1.29 is 0 Å². The zero-order valence-electron chi connectivity index (χ0n) is 9.40. The van der Waals surface area contributed by atoms with E-state index in [-0.39, 0.29) is 6.04 Å². The van der Waals surface area contributed by atoms with Crippen LogP contribution >= 0.6 is 27.5 Å². The molecule has 1 atom stereocenters. The van der Waals surface area contributed by atoms with Crippen LogP contribution in [0.15, 0.2) is 35.1 Å². The molecule has 0 saturated heterocycles. The fourth-order valence-electron chi connectivity index (χ4n) is 1.76. The second-order valence-corrected chi connectivity index (χ2v) is 5.04. The predicted octanol–water partition coefficient (Wildman–Crippen LogP) is 3.37. The van der Waals surface area contributed by atoms with Gasteiger partial charge in [-0.1, -0.05) is 27.5 Å². The van der Waals surface area contributed by atoms with E-state index in [2.05, 4.69) is 27.8 Å². The molecule has 0 aliphatic carbocycles. The molecule has 90 valence electrons. The van der Waals surface area contributed by atoms with E-state index in [1.54, 1.807) is 6.20 Å². The first-order chi connectivity index (χ1) is 8.13. The summed E-state index contributed by atoms with van der Waals surface area (Å²) in [4.78, 5) is 4.30. The average Bonchev–Trinajstić information content (AvgIpc) is 2.79. The van der Waals surface area contributed by atoms with E-state index < -0.39 is 0 Å². The minimum Gasteiger partial charge on any atom is -0.334 e. The SMILES string of the molecule is CCn1ccnc1C(N)c1cc(Br)ccc1Cl. The van der Waals surface area contributed by atoms with Crippen LogP contribution in [0.25, 0.3) is 0 Å². The number of hydrogen-bond donors (Lipinski definition) is 1. The van der Waals surface area contributed by atoms with Crippen LogP contribution in [0.2, 0.25) is 5.02 Å². The lowest BCUT2D eigenvalue weighted by Crippen LogP contribution is -2.18. The summed E-state index contributed by atoms with van der Waals surface area (Å²) in [5, 5.41) is 0.659. The van der Waals surface area contributed by atoms with Crippen LogP contribution in [-0.2, 0) is 6.54 Å². The Kier molecular flexibility index (Phi) is 3.86. The number of aryl methyl sites for hydroxylation is 1. The van der Waals surface area contributed by atoms with Crippen molar-refractivity contribution in [3.05, 3.63) is 51.5 Å². The first kappa shape index (κ1) is 12.6. The van der Waals surface area contributed by atoms with Crippen molar-refractivity contribution >= 4 is 27.5 Å². The van der Waals surface area contributed by atoms with Crippen molar-refractivity contribution in [2.24, 2.45) is 5.73 Å². The molecular weight excluding hydrogens is 302 g/mol. The molecule has 1 aromatic carbocycles. The van der Waals surface area contributed by atoms with E-state index >= 15 is 0 Å². The minimum absolute atomic E-state index is 0.310. The van der Waals surface area contributed by atoms with Crippen LogP contribution in [0.5, 0.6) is 0 Å². The molecule has 1 unspecified atom stereocenters. The molecule has 0 bridgehead atoms. The maximum atomic E-state index is 6.22. The molecule has 0 fully saturated rings. The van der Waals surface area contributed by atoms with Gasteiger partial charge in [0.1, 0.15) is 5.82 Å². The number of hydrogen-bond acceptors (Lipinski definition) is 2. The van der Waals surface area contributed by atoms with E-state index in [4.69, 9.17) is 17.3 Å². The maximum absolute atomic E-state index is 6.22. The topological polar surface area (TPSA) is 43.8 Å². The molecule has 1 heterocycles. The summed E-state index contributed by atoms with van der Waals surface area (Å²) in [5.74, 6) is 0.826. The van der Waals surface area contributed by atoms with Gasteiger partial charge >= 0.3 is 0 Å². The van der Waals surface area contributed by atoms with Gasteiger partial charge in [0.15, 0.2) is 0 Å². The van der Waals surface area contributed by atoms with Crippen LogP contribution in [0.4, 0.5) is 0 Å². The summed E-state index contributed by atoms with van der Waals surface area (Å²) in [6, 6.07) is 5.35. The third-order valence-corrected chi connectivity index (χ3v) is 3.50. The van der Waals surface area contributed by atoms with E-state index in [0.29, 0.717) is 5.02 Å². The maximum Gasteiger partial charge on any atom is 0.130 e. The van der Waals surface area contributed by atoms with Gasteiger partial charge in [0, 0.05) is 28.4 Å². The van der Waals surface area contributed by atoms with E-state index in [1.807, 2.05) is 29.0 Å². The van der Waals surface area contributed by atoms with Crippen molar-refractivity contribution in [2.45, 2.75) is 19.5 Å². The molecule has 0 spiro atoms. The number of halogens is 2. The van der Waals surface area contributed by atoms with Crippen LogP contribution in [0, 0.1) is 0 Å². The van der Waals surface area contributed by atoms with Gasteiger partial charge in [-0.15, -0.1) is 0 Å². The highest BCUT2D eigenvalue weighted by atomic mass is 79.9. The standard InChI is InChI=1S/C12H13BrClN3/c1-2-17-6-5-16-12(17)11(15)9-7-8(13)3-4-10(9)14/h3-7,11H,2,15H2,1H3. The number of nitrogens with two attached hydrogens (primary N) is 1. The van der Waals surface area contributed by atoms with Gasteiger partial charge in [-0.2, -0.15) is 0 Å². The molecule has 3 nitrogen and oxygen atoms in total. The van der Waals surface area contributed by atoms with Gasteiger partial charge in [-0.3, -0.25) is 0 Å². The first-order valence-corrected chi connectivity index (χ1v) is 6.52. The van der Waals surface area contributed by atoms with Crippen LogP contribution in [-0.4, -0.2) is 9.55 Å². The molecule has 0 radical (unpaired) electrons. The molecule has 0 saturated carbocycles. The minimum atomic E-state index is -0.310. The quantitative estimate of drug-likeness (QED) is 0.944. The Bertz CT molecular complexity index is 524. The Morgan fingerprint density at radius 1 is 1.53 bits per heavy atom. The summed E-state index contributed by atoms with van der Waals surface area (Å²) >= 11 is 9.59. The summed E-state index contributed by atoms with van der Waals surface area (Å²) < 4.78 is 2.98. The lowest BCUT2D eigenvalue weighted by atomic mass is 10.1. The summed E-state index contributed by atoms with van der Waals surface area (Å²) in [5.41, 5.74) is 7.10. The van der Waals surface area contributed by atoms with Crippen molar-refractivity contribution in [1.29, 1.82) is 0 Å². The molecule has 1 aromatic heterocycles. The summed E-state index contributed by atoms with van der Waals surface area (Å²) in [6.07, 6.45) is 3.67. The summed E-state index contributed by atoms with van der Waals surface area (Å²) in [7, 11) is 0. The number of aromatic nitrogens is 2. The summed E-state index contributed by atoms with van der Waals surface area (Å²) in [6.45, 7) is 2.90.